The lowest BCUT2D eigenvalue weighted by molar-refractivity contribution is 0.0928. The molecule has 0 bridgehead atoms. The molecule has 0 spiro atoms. The second-order valence-corrected chi connectivity index (χ2v) is 6.73. The first kappa shape index (κ1) is 18.2. The summed E-state index contributed by atoms with van der Waals surface area (Å²) in [5.74, 6) is 1.07. The summed E-state index contributed by atoms with van der Waals surface area (Å²) >= 11 is 0. The molecule has 1 aromatic carbocycles. The smallest absolute Gasteiger partial charge is 0.270 e. The van der Waals surface area contributed by atoms with Gasteiger partial charge in [-0.15, -0.1) is 0 Å². The highest BCUT2D eigenvalue weighted by Gasteiger charge is 2.17. The van der Waals surface area contributed by atoms with Crippen LogP contribution in [0.2, 0.25) is 0 Å². The fraction of sp³-hybridized carbons (Fsp3) is 0.450. The summed E-state index contributed by atoms with van der Waals surface area (Å²) in [6.07, 6.45) is 6.97. The number of carbonyl (C=O) groups is 1. The van der Waals surface area contributed by atoms with Crippen LogP contribution in [-0.4, -0.2) is 29.0 Å². The molecule has 1 aromatic heterocycles. The number of ether oxygens (including phenoxy) is 1. The van der Waals surface area contributed by atoms with Gasteiger partial charge in [0.25, 0.3) is 5.91 Å². The van der Waals surface area contributed by atoms with Crippen molar-refractivity contribution in [1.82, 2.24) is 15.3 Å². The van der Waals surface area contributed by atoms with Gasteiger partial charge in [-0.1, -0.05) is 25.7 Å². The van der Waals surface area contributed by atoms with Crippen LogP contribution < -0.4 is 15.4 Å². The molecule has 3 rings (SSSR count). The van der Waals surface area contributed by atoms with Crippen LogP contribution in [0.3, 0.4) is 0 Å². The van der Waals surface area contributed by atoms with Gasteiger partial charge in [-0.3, -0.25) is 4.79 Å². The molecule has 0 atom stereocenters. The Morgan fingerprint density at radius 3 is 2.42 bits per heavy atom. The van der Waals surface area contributed by atoms with Gasteiger partial charge >= 0.3 is 0 Å². The molecule has 0 aliphatic heterocycles. The molecule has 1 aliphatic rings. The number of nitrogens with zero attached hydrogens (tertiary/aromatic N) is 2. The van der Waals surface area contributed by atoms with Gasteiger partial charge in [-0.25, -0.2) is 9.97 Å². The third-order valence-electron chi connectivity index (χ3n) is 4.62. The zero-order valence-corrected chi connectivity index (χ0v) is 15.4. The van der Waals surface area contributed by atoms with Crippen LogP contribution in [0.4, 0.5) is 11.6 Å². The number of methoxy groups -OCH3 is 1. The molecule has 1 fully saturated rings. The van der Waals surface area contributed by atoms with Crippen molar-refractivity contribution in [3.8, 4) is 5.75 Å². The molecular weight excluding hydrogens is 328 g/mol. The van der Waals surface area contributed by atoms with Crippen molar-refractivity contribution in [3.63, 3.8) is 0 Å². The molecule has 1 heterocycles. The number of nitrogens with one attached hydrogen (secondary N) is 2. The molecule has 2 N–H and O–H groups in total. The lowest BCUT2D eigenvalue weighted by Crippen LogP contribution is -2.35. The minimum absolute atomic E-state index is 0.125. The Morgan fingerprint density at radius 2 is 1.77 bits per heavy atom. The van der Waals surface area contributed by atoms with E-state index in [2.05, 4.69) is 20.6 Å². The Labute approximate surface area is 154 Å². The molecule has 26 heavy (non-hydrogen) atoms. The first-order chi connectivity index (χ1) is 12.6. The molecule has 1 amide bonds. The van der Waals surface area contributed by atoms with E-state index in [4.69, 9.17) is 4.74 Å². The summed E-state index contributed by atoms with van der Waals surface area (Å²) < 4.78 is 5.16. The summed E-state index contributed by atoms with van der Waals surface area (Å²) in [6.45, 7) is 1.86. The molecule has 138 valence electrons. The highest BCUT2D eigenvalue weighted by molar-refractivity contribution is 5.92. The van der Waals surface area contributed by atoms with E-state index < -0.39 is 0 Å². The van der Waals surface area contributed by atoms with Crippen LogP contribution in [-0.2, 0) is 0 Å². The SMILES string of the molecule is COc1ccc(Nc2nc(C)cc(C(=O)NC3CCCCCC3)n2)cc1. The van der Waals surface area contributed by atoms with Crippen LogP contribution >= 0.6 is 0 Å². The molecule has 6 nitrogen and oxygen atoms in total. The quantitative estimate of drug-likeness (QED) is 0.794. The number of aryl methyl sites for hydroxylation is 1. The Hall–Kier alpha value is -2.63. The van der Waals surface area contributed by atoms with Gasteiger partial charge in [-0.2, -0.15) is 0 Å². The second kappa shape index (κ2) is 8.65. The lowest BCUT2D eigenvalue weighted by Gasteiger charge is -2.16. The maximum Gasteiger partial charge on any atom is 0.270 e. The van der Waals surface area contributed by atoms with Crippen molar-refractivity contribution in [2.24, 2.45) is 0 Å². The largest absolute Gasteiger partial charge is 0.497 e. The molecular formula is C20H26N4O2. The van der Waals surface area contributed by atoms with Gasteiger partial charge < -0.3 is 15.4 Å². The summed E-state index contributed by atoms with van der Waals surface area (Å²) in [6, 6.07) is 9.46. The van der Waals surface area contributed by atoms with Crippen LogP contribution in [0.15, 0.2) is 30.3 Å². The lowest BCUT2D eigenvalue weighted by atomic mass is 10.1. The number of hydrogen-bond donors (Lipinski definition) is 2. The third kappa shape index (κ3) is 4.94. The van der Waals surface area contributed by atoms with Gasteiger partial charge in [-0.05, 0) is 50.1 Å². The summed E-state index contributed by atoms with van der Waals surface area (Å²) in [5, 5.41) is 6.28. The number of benzene rings is 1. The monoisotopic (exact) mass is 354 g/mol. The average molecular weight is 354 g/mol. The van der Waals surface area contributed by atoms with Crippen molar-refractivity contribution in [2.45, 2.75) is 51.5 Å². The average Bonchev–Trinajstić information content (AvgIpc) is 2.90. The van der Waals surface area contributed by atoms with Crippen molar-refractivity contribution < 1.29 is 9.53 Å². The van der Waals surface area contributed by atoms with Crippen molar-refractivity contribution in [1.29, 1.82) is 0 Å². The summed E-state index contributed by atoms with van der Waals surface area (Å²) in [4.78, 5) is 21.4. The summed E-state index contributed by atoms with van der Waals surface area (Å²) in [7, 11) is 1.63. The van der Waals surface area contributed by atoms with E-state index >= 15 is 0 Å². The number of hydrogen-bond acceptors (Lipinski definition) is 5. The topological polar surface area (TPSA) is 76.1 Å². The van der Waals surface area contributed by atoms with Gasteiger partial charge in [0, 0.05) is 17.4 Å². The summed E-state index contributed by atoms with van der Waals surface area (Å²) in [5.41, 5.74) is 1.99. The zero-order valence-electron chi connectivity index (χ0n) is 15.4. The van der Waals surface area contributed by atoms with E-state index in [1.54, 1.807) is 13.2 Å². The highest BCUT2D eigenvalue weighted by Crippen LogP contribution is 2.19. The van der Waals surface area contributed by atoms with E-state index in [0.717, 1.165) is 30.0 Å². The molecule has 0 unspecified atom stereocenters. The van der Waals surface area contributed by atoms with Gasteiger partial charge in [0.15, 0.2) is 0 Å². The van der Waals surface area contributed by atoms with E-state index in [1.807, 2.05) is 31.2 Å². The molecule has 0 saturated heterocycles. The fourth-order valence-corrected chi connectivity index (χ4v) is 3.23. The molecule has 0 radical (unpaired) electrons. The van der Waals surface area contributed by atoms with E-state index in [-0.39, 0.29) is 11.9 Å². The minimum Gasteiger partial charge on any atom is -0.497 e. The maximum atomic E-state index is 12.6. The first-order valence-electron chi connectivity index (χ1n) is 9.21. The Morgan fingerprint density at radius 1 is 1.08 bits per heavy atom. The normalized spacial score (nSPS) is 15.2. The second-order valence-electron chi connectivity index (χ2n) is 6.73. The van der Waals surface area contributed by atoms with Gasteiger partial charge in [0.05, 0.1) is 7.11 Å². The van der Waals surface area contributed by atoms with E-state index in [1.165, 1.54) is 25.7 Å². The van der Waals surface area contributed by atoms with Crippen molar-refractivity contribution in [2.75, 3.05) is 12.4 Å². The first-order valence-corrected chi connectivity index (χ1v) is 9.21. The van der Waals surface area contributed by atoms with Crippen molar-refractivity contribution >= 4 is 17.5 Å². The molecule has 1 saturated carbocycles. The molecule has 2 aromatic rings. The van der Waals surface area contributed by atoms with Crippen LogP contribution in [0, 0.1) is 6.92 Å². The number of carbonyl (C=O) groups excluding carboxylic acids is 1. The highest BCUT2D eigenvalue weighted by atomic mass is 16.5. The zero-order chi connectivity index (χ0) is 18.4. The molecule has 1 aliphatic carbocycles. The van der Waals surface area contributed by atoms with Crippen LogP contribution in [0.1, 0.15) is 54.7 Å². The predicted octanol–water partition coefficient (Wildman–Crippen LogP) is 3.99. The van der Waals surface area contributed by atoms with E-state index in [9.17, 15) is 4.79 Å². The minimum atomic E-state index is -0.125. The Kier molecular flexibility index (Phi) is 6.04. The third-order valence-corrected chi connectivity index (χ3v) is 4.62. The number of aromatic nitrogens is 2. The standard InChI is InChI=1S/C20H26N4O2/c1-14-13-18(19(25)22-15-7-5-3-4-6-8-15)24-20(21-14)23-16-9-11-17(26-2)12-10-16/h9-13,15H,3-8H2,1-2H3,(H,22,25)(H,21,23,24). The van der Waals surface area contributed by atoms with Crippen LogP contribution in [0.25, 0.3) is 0 Å². The molecule has 6 heteroatoms. The van der Waals surface area contributed by atoms with Gasteiger partial charge in [0.2, 0.25) is 5.95 Å². The number of amides is 1. The number of rotatable bonds is 5. The maximum absolute atomic E-state index is 12.6. The van der Waals surface area contributed by atoms with Crippen molar-refractivity contribution in [3.05, 3.63) is 41.7 Å². The van der Waals surface area contributed by atoms with Crippen LogP contribution in [0.5, 0.6) is 5.75 Å². The Balaban J connectivity index is 1.70. The fourth-order valence-electron chi connectivity index (χ4n) is 3.23. The van der Waals surface area contributed by atoms with Gasteiger partial charge in [0.1, 0.15) is 11.4 Å². The number of anilines is 2. The Bertz CT molecular complexity index is 738. The predicted molar refractivity (Wildman–Crippen MR) is 102 cm³/mol. The van der Waals surface area contributed by atoms with E-state index in [0.29, 0.717) is 11.6 Å².